The second-order valence-electron chi connectivity index (χ2n) is 8.93. The van der Waals surface area contributed by atoms with Gasteiger partial charge in [-0.25, -0.2) is 0 Å². The molecule has 0 saturated carbocycles. The van der Waals surface area contributed by atoms with E-state index < -0.39 is 0 Å². The summed E-state index contributed by atoms with van der Waals surface area (Å²) in [5, 5.41) is 5.42. The van der Waals surface area contributed by atoms with Gasteiger partial charge in [-0.15, -0.1) is 0 Å². The quantitative estimate of drug-likeness (QED) is 0.702. The number of nitrogens with zero attached hydrogens (tertiary/aromatic N) is 1. The molecule has 2 aromatic rings. The number of thioether (sulfide) groups is 1. The van der Waals surface area contributed by atoms with Crippen molar-refractivity contribution in [2.75, 3.05) is 36.5 Å². The highest BCUT2D eigenvalue weighted by molar-refractivity contribution is 7.99. The zero-order chi connectivity index (χ0) is 23.1. The number of nitrogens with one attached hydrogen (secondary N) is 2. The van der Waals surface area contributed by atoms with E-state index in [0.717, 1.165) is 35.7 Å². The Kier molecular flexibility index (Phi) is 7.96. The average molecular weight is 454 g/mol. The Labute approximate surface area is 194 Å². The Balaban J connectivity index is 1.45. The summed E-state index contributed by atoms with van der Waals surface area (Å²) in [6.07, 6.45) is 0.364. The predicted octanol–water partition coefficient (Wildman–Crippen LogP) is 3.47. The van der Waals surface area contributed by atoms with E-state index in [2.05, 4.69) is 31.4 Å². The van der Waals surface area contributed by atoms with E-state index in [1.54, 1.807) is 24.3 Å². The molecule has 1 aliphatic heterocycles. The molecule has 7 heteroatoms. The minimum atomic E-state index is -0.306. The summed E-state index contributed by atoms with van der Waals surface area (Å²) in [6, 6.07) is 14.7. The number of amides is 3. The molecule has 3 rings (SSSR count). The van der Waals surface area contributed by atoms with Crippen molar-refractivity contribution in [2.24, 2.45) is 0 Å². The van der Waals surface area contributed by atoms with Crippen molar-refractivity contribution in [2.45, 2.75) is 32.6 Å². The fraction of sp³-hybridized carbons (Fsp3) is 0.400. The third kappa shape index (κ3) is 6.85. The van der Waals surface area contributed by atoms with Gasteiger partial charge in [-0.2, -0.15) is 11.8 Å². The van der Waals surface area contributed by atoms with E-state index in [-0.39, 0.29) is 29.7 Å². The highest BCUT2D eigenvalue weighted by atomic mass is 32.2. The lowest BCUT2D eigenvalue weighted by Gasteiger charge is -2.26. The van der Waals surface area contributed by atoms with Crippen LogP contribution >= 0.6 is 11.8 Å². The summed E-state index contributed by atoms with van der Waals surface area (Å²) in [5.41, 5.74) is 3.23. The van der Waals surface area contributed by atoms with Gasteiger partial charge in [0, 0.05) is 35.8 Å². The molecule has 170 valence electrons. The lowest BCUT2D eigenvalue weighted by molar-refractivity contribution is -0.130. The van der Waals surface area contributed by atoms with Gasteiger partial charge in [0.15, 0.2) is 0 Å². The lowest BCUT2D eigenvalue weighted by Crippen LogP contribution is -2.38. The molecule has 0 aliphatic carbocycles. The molecular formula is C25H31N3O3S. The predicted molar refractivity (Wildman–Crippen MR) is 130 cm³/mol. The topological polar surface area (TPSA) is 78.5 Å². The summed E-state index contributed by atoms with van der Waals surface area (Å²) >= 11 is 1.88. The van der Waals surface area contributed by atoms with Gasteiger partial charge >= 0.3 is 0 Å². The van der Waals surface area contributed by atoms with Gasteiger partial charge in [-0.1, -0.05) is 45.0 Å². The van der Waals surface area contributed by atoms with E-state index in [9.17, 15) is 14.4 Å². The van der Waals surface area contributed by atoms with Crippen molar-refractivity contribution in [3.63, 3.8) is 0 Å². The second-order valence-corrected chi connectivity index (χ2v) is 10.1. The number of carbonyl (C=O) groups excluding carboxylic acids is 3. The van der Waals surface area contributed by atoms with E-state index >= 15 is 0 Å². The van der Waals surface area contributed by atoms with Crippen molar-refractivity contribution >= 4 is 35.2 Å². The fourth-order valence-corrected chi connectivity index (χ4v) is 4.30. The summed E-state index contributed by atoms with van der Waals surface area (Å²) in [4.78, 5) is 38.8. The first-order chi connectivity index (χ1) is 15.2. The zero-order valence-electron chi connectivity index (χ0n) is 18.9. The fourth-order valence-electron chi connectivity index (χ4n) is 3.39. The molecule has 0 bridgehead atoms. The SMILES string of the molecule is CC(C)(C)c1ccc(C(=O)NCC(=O)Nc2ccc(CC(=O)N3CCSCC3)cc2)cc1. The summed E-state index contributed by atoms with van der Waals surface area (Å²) < 4.78 is 0. The molecule has 1 heterocycles. The summed E-state index contributed by atoms with van der Waals surface area (Å²) in [5.74, 6) is 1.54. The van der Waals surface area contributed by atoms with E-state index in [1.165, 1.54) is 0 Å². The zero-order valence-corrected chi connectivity index (χ0v) is 19.8. The molecule has 2 aromatic carbocycles. The van der Waals surface area contributed by atoms with Crippen LogP contribution in [0.15, 0.2) is 48.5 Å². The summed E-state index contributed by atoms with van der Waals surface area (Å²) in [6.45, 7) is 7.85. The maximum absolute atomic E-state index is 12.4. The second kappa shape index (κ2) is 10.7. The van der Waals surface area contributed by atoms with Gasteiger partial charge in [0.05, 0.1) is 13.0 Å². The molecule has 6 nitrogen and oxygen atoms in total. The van der Waals surface area contributed by atoms with Crippen LogP contribution in [0.2, 0.25) is 0 Å². The van der Waals surface area contributed by atoms with Gasteiger partial charge in [0.2, 0.25) is 11.8 Å². The van der Waals surface area contributed by atoms with Crippen LogP contribution in [-0.4, -0.2) is 53.8 Å². The monoisotopic (exact) mass is 453 g/mol. The molecule has 1 aliphatic rings. The van der Waals surface area contributed by atoms with Gasteiger partial charge in [0.25, 0.3) is 5.91 Å². The third-order valence-corrected chi connectivity index (χ3v) is 6.32. The van der Waals surface area contributed by atoms with Crippen LogP contribution in [0.5, 0.6) is 0 Å². The van der Waals surface area contributed by atoms with E-state index in [0.29, 0.717) is 17.7 Å². The standard InChI is InChI=1S/C25H31N3O3S/c1-25(2,3)20-8-6-19(7-9-20)24(31)26-17-22(29)27-21-10-4-18(5-11-21)16-23(30)28-12-14-32-15-13-28/h4-11H,12-17H2,1-3H3,(H,26,31)(H,27,29). The Morgan fingerprint density at radius 2 is 1.56 bits per heavy atom. The van der Waals surface area contributed by atoms with Crippen LogP contribution in [0.25, 0.3) is 0 Å². The first kappa shape index (κ1) is 23.9. The Bertz CT molecular complexity index is 944. The molecule has 32 heavy (non-hydrogen) atoms. The van der Waals surface area contributed by atoms with Crippen LogP contribution in [0.4, 0.5) is 5.69 Å². The summed E-state index contributed by atoms with van der Waals surface area (Å²) in [7, 11) is 0. The number of benzene rings is 2. The first-order valence-corrected chi connectivity index (χ1v) is 12.0. The van der Waals surface area contributed by atoms with Crippen molar-refractivity contribution in [1.82, 2.24) is 10.2 Å². The molecule has 0 atom stereocenters. The highest BCUT2D eigenvalue weighted by Crippen LogP contribution is 2.22. The smallest absolute Gasteiger partial charge is 0.251 e. The van der Waals surface area contributed by atoms with Gasteiger partial charge in [-0.3, -0.25) is 14.4 Å². The van der Waals surface area contributed by atoms with E-state index in [1.807, 2.05) is 40.9 Å². The van der Waals surface area contributed by atoms with Gasteiger partial charge in [0.1, 0.15) is 0 Å². The Morgan fingerprint density at radius 1 is 0.938 bits per heavy atom. The molecule has 2 N–H and O–H groups in total. The third-order valence-electron chi connectivity index (χ3n) is 5.38. The molecule has 0 radical (unpaired) electrons. The normalized spacial score (nSPS) is 14.0. The van der Waals surface area contributed by atoms with Gasteiger partial charge in [-0.05, 0) is 40.8 Å². The molecule has 1 saturated heterocycles. The number of hydrogen-bond donors (Lipinski definition) is 2. The number of rotatable bonds is 6. The maximum Gasteiger partial charge on any atom is 0.251 e. The molecular weight excluding hydrogens is 422 g/mol. The van der Waals surface area contributed by atoms with Crippen molar-refractivity contribution in [3.05, 3.63) is 65.2 Å². The number of anilines is 1. The van der Waals surface area contributed by atoms with Crippen LogP contribution in [0, 0.1) is 0 Å². The van der Waals surface area contributed by atoms with Crippen LogP contribution in [-0.2, 0) is 21.4 Å². The lowest BCUT2D eigenvalue weighted by atomic mass is 9.87. The van der Waals surface area contributed by atoms with Crippen molar-refractivity contribution in [1.29, 1.82) is 0 Å². The minimum absolute atomic E-state index is 0.0183. The highest BCUT2D eigenvalue weighted by Gasteiger charge is 2.17. The Morgan fingerprint density at radius 3 is 2.16 bits per heavy atom. The van der Waals surface area contributed by atoms with Crippen LogP contribution < -0.4 is 10.6 Å². The maximum atomic E-state index is 12.4. The van der Waals surface area contributed by atoms with Crippen LogP contribution in [0.3, 0.4) is 0 Å². The Hall–Kier alpha value is -2.80. The molecule has 0 aromatic heterocycles. The number of hydrogen-bond acceptors (Lipinski definition) is 4. The molecule has 1 fully saturated rings. The molecule has 0 unspecified atom stereocenters. The first-order valence-electron chi connectivity index (χ1n) is 10.9. The molecule has 0 spiro atoms. The van der Waals surface area contributed by atoms with E-state index in [4.69, 9.17) is 0 Å². The minimum Gasteiger partial charge on any atom is -0.343 e. The van der Waals surface area contributed by atoms with Crippen LogP contribution in [0.1, 0.15) is 42.3 Å². The van der Waals surface area contributed by atoms with Crippen molar-refractivity contribution < 1.29 is 14.4 Å². The number of carbonyl (C=O) groups is 3. The molecule has 3 amide bonds. The average Bonchev–Trinajstić information content (AvgIpc) is 2.79. The van der Waals surface area contributed by atoms with Gasteiger partial charge < -0.3 is 15.5 Å². The largest absolute Gasteiger partial charge is 0.343 e. The van der Waals surface area contributed by atoms with Crippen molar-refractivity contribution in [3.8, 4) is 0 Å².